The number of halogens is 1. The Morgan fingerprint density at radius 1 is 1.47 bits per heavy atom. The Bertz CT molecular complexity index is 958. The minimum Gasteiger partial charge on any atom is -0.376 e. The lowest BCUT2D eigenvalue weighted by molar-refractivity contribution is -0.116. The minimum absolute atomic E-state index is 0.000431. The maximum atomic E-state index is 12.7. The predicted octanol–water partition coefficient (Wildman–Crippen LogP) is 2.78. The second kappa shape index (κ2) is 7.79. The van der Waals surface area contributed by atoms with E-state index in [2.05, 4.69) is 31.6 Å². The summed E-state index contributed by atoms with van der Waals surface area (Å²) in [6.45, 7) is 1.35. The standard InChI is InChI=1S/C21H24BrN5O3/c1-29-18(11-2-3-11)15-6-12(22)4-5-17(15)24-8-16-19(23)25-21(26-20(16)28)27-9-14-7-13(27)10-30-14/h4-6,8,11,13-14,18,24H,2-3,7,9-10H2,1H3,(H2,23,25,26,28)/b16-8+/t13-,14-,18?/m1/s1. The molecule has 1 aromatic carbocycles. The molecule has 0 aromatic heterocycles. The van der Waals surface area contributed by atoms with Gasteiger partial charge in [0.15, 0.2) is 5.84 Å². The van der Waals surface area contributed by atoms with Gasteiger partial charge in [0.05, 0.1) is 30.4 Å². The SMILES string of the molecule is COC(c1cc(Br)ccc1N/C=C1\C(=N)N=C(N2C[C@H]3C[C@@H]2CO3)NC1=O)C1CC1. The molecule has 4 aliphatic rings. The number of guanidine groups is 1. The molecule has 2 bridgehead atoms. The number of morpholine rings is 1. The highest BCUT2D eigenvalue weighted by molar-refractivity contribution is 9.10. The van der Waals surface area contributed by atoms with Gasteiger partial charge < -0.3 is 19.7 Å². The molecule has 1 saturated carbocycles. The van der Waals surface area contributed by atoms with E-state index in [9.17, 15) is 4.79 Å². The van der Waals surface area contributed by atoms with Crippen LogP contribution in [0.1, 0.15) is 30.9 Å². The molecule has 3 atom stereocenters. The molecule has 1 amide bonds. The number of hydrogen-bond acceptors (Lipinski definition) is 6. The average Bonchev–Trinajstić information content (AvgIpc) is 3.32. The van der Waals surface area contributed by atoms with Crippen LogP contribution in [0.2, 0.25) is 0 Å². The number of amides is 1. The van der Waals surface area contributed by atoms with Crippen LogP contribution in [0.4, 0.5) is 5.69 Å². The summed E-state index contributed by atoms with van der Waals surface area (Å²) in [7, 11) is 1.72. The molecule has 0 spiro atoms. The Labute approximate surface area is 183 Å². The number of benzene rings is 1. The van der Waals surface area contributed by atoms with E-state index >= 15 is 0 Å². The number of carbonyl (C=O) groups excluding carboxylic acids is 1. The lowest BCUT2D eigenvalue weighted by Crippen LogP contribution is -2.52. The molecular weight excluding hydrogens is 450 g/mol. The first-order valence-corrected chi connectivity index (χ1v) is 11.0. The summed E-state index contributed by atoms with van der Waals surface area (Å²) in [5.74, 6) is 0.593. The number of ether oxygens (including phenoxy) is 2. The summed E-state index contributed by atoms with van der Waals surface area (Å²) in [5, 5.41) is 14.4. The first-order chi connectivity index (χ1) is 14.5. The van der Waals surface area contributed by atoms with Crippen molar-refractivity contribution in [3.63, 3.8) is 0 Å². The van der Waals surface area contributed by atoms with Crippen molar-refractivity contribution < 1.29 is 14.3 Å². The maximum absolute atomic E-state index is 12.7. The number of aliphatic imine (C=N–C) groups is 1. The van der Waals surface area contributed by atoms with Crippen molar-refractivity contribution in [2.24, 2.45) is 10.9 Å². The van der Waals surface area contributed by atoms with Crippen LogP contribution in [0, 0.1) is 11.3 Å². The number of anilines is 1. The molecule has 3 aliphatic heterocycles. The number of amidine groups is 1. The van der Waals surface area contributed by atoms with Crippen LogP contribution in [0.25, 0.3) is 0 Å². The van der Waals surface area contributed by atoms with Crippen molar-refractivity contribution in [2.75, 3.05) is 25.6 Å². The minimum atomic E-state index is -0.328. The number of nitrogens with one attached hydrogen (secondary N) is 3. The predicted molar refractivity (Wildman–Crippen MR) is 116 cm³/mol. The summed E-state index contributed by atoms with van der Waals surface area (Å²) in [5.41, 5.74) is 2.09. The van der Waals surface area contributed by atoms with Gasteiger partial charge in [-0.3, -0.25) is 15.5 Å². The van der Waals surface area contributed by atoms with Gasteiger partial charge in [-0.2, -0.15) is 4.99 Å². The summed E-state index contributed by atoms with van der Waals surface area (Å²) < 4.78 is 12.3. The third-order valence-corrected chi connectivity index (χ3v) is 6.60. The van der Waals surface area contributed by atoms with E-state index in [0.29, 0.717) is 25.0 Å². The monoisotopic (exact) mass is 473 g/mol. The summed E-state index contributed by atoms with van der Waals surface area (Å²) in [6, 6.07) is 6.16. The molecular formula is C21H24BrN5O3. The Hall–Kier alpha value is -2.23. The second-order valence-corrected chi connectivity index (χ2v) is 9.08. The van der Waals surface area contributed by atoms with Gasteiger partial charge in [-0.1, -0.05) is 15.9 Å². The topological polar surface area (TPSA) is 99.0 Å². The molecule has 1 aromatic rings. The van der Waals surface area contributed by atoms with Gasteiger partial charge in [0.1, 0.15) is 0 Å². The van der Waals surface area contributed by atoms with E-state index in [0.717, 1.165) is 35.0 Å². The van der Waals surface area contributed by atoms with Gasteiger partial charge in [-0.05, 0) is 43.4 Å². The van der Waals surface area contributed by atoms with Gasteiger partial charge in [0, 0.05) is 35.6 Å². The Kier molecular flexibility index (Phi) is 5.12. The number of methoxy groups -OCH3 is 1. The van der Waals surface area contributed by atoms with Crippen molar-refractivity contribution in [1.82, 2.24) is 10.2 Å². The van der Waals surface area contributed by atoms with Crippen molar-refractivity contribution in [3.8, 4) is 0 Å². The van der Waals surface area contributed by atoms with Crippen LogP contribution >= 0.6 is 15.9 Å². The third-order valence-electron chi connectivity index (χ3n) is 6.11. The zero-order valence-corrected chi connectivity index (χ0v) is 18.2. The van der Waals surface area contributed by atoms with Gasteiger partial charge in [0.2, 0.25) is 5.96 Å². The summed E-state index contributed by atoms with van der Waals surface area (Å²) >= 11 is 3.53. The highest BCUT2D eigenvalue weighted by Crippen LogP contribution is 2.45. The van der Waals surface area contributed by atoms with Gasteiger partial charge in [-0.15, -0.1) is 0 Å². The van der Waals surface area contributed by atoms with E-state index < -0.39 is 0 Å². The first kappa shape index (κ1) is 19.7. The van der Waals surface area contributed by atoms with Crippen LogP contribution in [-0.4, -0.2) is 55.0 Å². The zero-order valence-electron chi connectivity index (χ0n) is 16.7. The smallest absolute Gasteiger partial charge is 0.263 e. The maximum Gasteiger partial charge on any atom is 0.263 e. The molecule has 30 heavy (non-hydrogen) atoms. The number of fused-ring (bicyclic) bond motifs is 2. The molecule has 158 valence electrons. The van der Waals surface area contributed by atoms with Gasteiger partial charge in [-0.25, -0.2) is 0 Å². The van der Waals surface area contributed by atoms with E-state index in [1.165, 1.54) is 0 Å². The molecule has 8 nitrogen and oxygen atoms in total. The van der Waals surface area contributed by atoms with Crippen LogP contribution < -0.4 is 10.6 Å². The molecule has 9 heteroatoms. The fourth-order valence-electron chi connectivity index (χ4n) is 4.42. The quantitative estimate of drug-likeness (QED) is 0.571. The summed E-state index contributed by atoms with van der Waals surface area (Å²) in [4.78, 5) is 19.1. The number of rotatable bonds is 5. The fraction of sp³-hybridized carbons (Fsp3) is 0.476. The van der Waals surface area contributed by atoms with Crippen LogP contribution in [0.3, 0.4) is 0 Å². The van der Waals surface area contributed by atoms with Crippen LogP contribution in [0.5, 0.6) is 0 Å². The highest BCUT2D eigenvalue weighted by Gasteiger charge is 2.42. The van der Waals surface area contributed by atoms with E-state index in [-0.39, 0.29) is 35.6 Å². The largest absolute Gasteiger partial charge is 0.376 e. The molecule has 1 unspecified atom stereocenters. The molecule has 3 N–H and O–H groups in total. The molecule has 2 saturated heterocycles. The Balaban J connectivity index is 1.36. The normalized spacial score (nSPS) is 28.0. The lowest BCUT2D eigenvalue weighted by Gasteiger charge is -2.31. The van der Waals surface area contributed by atoms with Crippen LogP contribution in [-0.2, 0) is 14.3 Å². The number of likely N-dealkylation sites (tertiary alicyclic amines) is 1. The van der Waals surface area contributed by atoms with Crippen molar-refractivity contribution in [3.05, 3.63) is 40.0 Å². The van der Waals surface area contributed by atoms with Gasteiger partial charge >= 0.3 is 0 Å². The highest BCUT2D eigenvalue weighted by atomic mass is 79.9. The molecule has 5 rings (SSSR count). The zero-order chi connectivity index (χ0) is 20.8. The van der Waals surface area contributed by atoms with E-state index in [1.54, 1.807) is 13.3 Å². The third kappa shape index (κ3) is 3.66. The fourth-order valence-corrected chi connectivity index (χ4v) is 4.80. The second-order valence-electron chi connectivity index (χ2n) is 8.16. The molecule has 3 heterocycles. The molecule has 0 radical (unpaired) electrons. The Morgan fingerprint density at radius 3 is 2.93 bits per heavy atom. The number of nitrogens with zero attached hydrogens (tertiary/aromatic N) is 2. The van der Waals surface area contributed by atoms with Crippen molar-refractivity contribution in [2.45, 2.75) is 37.5 Å². The van der Waals surface area contributed by atoms with Crippen molar-refractivity contribution >= 4 is 39.3 Å². The number of carbonyl (C=O) groups is 1. The van der Waals surface area contributed by atoms with E-state index in [4.69, 9.17) is 14.9 Å². The molecule has 1 aliphatic carbocycles. The van der Waals surface area contributed by atoms with Gasteiger partial charge in [0.25, 0.3) is 5.91 Å². The summed E-state index contributed by atoms with van der Waals surface area (Å²) in [6.07, 6.45) is 5.00. The van der Waals surface area contributed by atoms with Crippen LogP contribution in [0.15, 0.2) is 39.4 Å². The molecule has 3 fully saturated rings. The Morgan fingerprint density at radius 2 is 2.30 bits per heavy atom. The number of hydrogen-bond donors (Lipinski definition) is 3. The van der Waals surface area contributed by atoms with Crippen molar-refractivity contribution in [1.29, 1.82) is 5.41 Å². The van der Waals surface area contributed by atoms with E-state index in [1.807, 2.05) is 23.1 Å². The average molecular weight is 474 g/mol. The first-order valence-electron chi connectivity index (χ1n) is 10.2. The lowest BCUT2D eigenvalue weighted by atomic mass is 10.0.